The fraction of sp³-hybridized carbons (Fsp3) is 0.500. The monoisotopic (exact) mass is 311 g/mol. The van der Waals surface area contributed by atoms with Gasteiger partial charge in [-0.05, 0) is 30.9 Å². The Bertz CT molecular complexity index is 508. The van der Waals surface area contributed by atoms with E-state index in [0.29, 0.717) is 30.3 Å². The predicted octanol–water partition coefficient (Wildman–Crippen LogP) is 2.76. The fourth-order valence-electron chi connectivity index (χ4n) is 1.88. The average Bonchev–Trinajstić information content (AvgIpc) is 2.45. The molecule has 1 aromatic carbocycles. The Morgan fingerprint density at radius 3 is 2.76 bits per heavy atom. The van der Waals surface area contributed by atoms with E-state index in [9.17, 15) is 14.9 Å². The molecule has 0 saturated carbocycles. The summed E-state index contributed by atoms with van der Waals surface area (Å²) in [6, 6.07) is 4.28. The highest BCUT2D eigenvalue weighted by molar-refractivity contribution is 7.98. The lowest BCUT2D eigenvalue weighted by molar-refractivity contribution is -0.384. The van der Waals surface area contributed by atoms with Gasteiger partial charge in [0.1, 0.15) is 0 Å². The van der Waals surface area contributed by atoms with Gasteiger partial charge in [-0.2, -0.15) is 11.8 Å². The van der Waals surface area contributed by atoms with Crippen molar-refractivity contribution in [2.75, 3.05) is 30.4 Å². The van der Waals surface area contributed by atoms with Crippen molar-refractivity contribution in [3.05, 3.63) is 33.9 Å². The van der Waals surface area contributed by atoms with E-state index >= 15 is 0 Å². The third-order valence-corrected chi connectivity index (χ3v) is 3.79. The summed E-state index contributed by atoms with van der Waals surface area (Å²) in [5, 5.41) is 16.7. The molecular formula is C14H21N3O3S. The van der Waals surface area contributed by atoms with Crippen LogP contribution in [0.3, 0.4) is 0 Å². The molecule has 0 fully saturated rings. The van der Waals surface area contributed by atoms with Crippen molar-refractivity contribution in [1.29, 1.82) is 0 Å². The number of amides is 1. The maximum Gasteiger partial charge on any atom is 0.270 e. The molecule has 0 bridgehead atoms. The molecule has 21 heavy (non-hydrogen) atoms. The van der Waals surface area contributed by atoms with Crippen LogP contribution in [-0.2, 0) is 0 Å². The third-order valence-electron chi connectivity index (χ3n) is 2.89. The number of carbonyl (C=O) groups is 1. The van der Waals surface area contributed by atoms with Crippen molar-refractivity contribution in [2.45, 2.75) is 13.8 Å². The number of thioether (sulfide) groups is 1. The summed E-state index contributed by atoms with van der Waals surface area (Å²) in [5.74, 6) is 1.02. The second-order valence-electron chi connectivity index (χ2n) is 4.79. The molecule has 6 nitrogen and oxygen atoms in total. The van der Waals surface area contributed by atoms with Gasteiger partial charge in [0, 0.05) is 30.9 Å². The van der Waals surface area contributed by atoms with E-state index in [1.807, 2.05) is 13.2 Å². The minimum absolute atomic E-state index is 0.0843. The van der Waals surface area contributed by atoms with Crippen molar-refractivity contribution < 1.29 is 9.72 Å². The quantitative estimate of drug-likeness (QED) is 0.569. The molecule has 1 aromatic rings. The first-order valence-electron chi connectivity index (χ1n) is 6.79. The molecule has 1 rings (SSSR count). The van der Waals surface area contributed by atoms with E-state index < -0.39 is 4.92 Å². The van der Waals surface area contributed by atoms with Gasteiger partial charge in [0.25, 0.3) is 11.6 Å². The Kier molecular flexibility index (Phi) is 7.01. The molecule has 1 atom stereocenters. The highest BCUT2D eigenvalue weighted by Crippen LogP contribution is 2.22. The van der Waals surface area contributed by atoms with Crippen LogP contribution < -0.4 is 10.6 Å². The summed E-state index contributed by atoms with van der Waals surface area (Å²) in [5.41, 5.74) is 0.833. The molecule has 1 amide bonds. The van der Waals surface area contributed by atoms with Gasteiger partial charge in [-0.1, -0.05) is 6.92 Å². The normalized spacial score (nSPS) is 11.8. The second-order valence-corrected chi connectivity index (χ2v) is 5.70. The molecule has 0 aliphatic rings. The first-order valence-corrected chi connectivity index (χ1v) is 8.18. The van der Waals surface area contributed by atoms with E-state index in [1.54, 1.807) is 17.8 Å². The maximum atomic E-state index is 12.2. The Labute approximate surface area is 128 Å². The molecule has 7 heteroatoms. The molecular weight excluding hydrogens is 290 g/mol. The van der Waals surface area contributed by atoms with Crippen molar-refractivity contribution in [2.24, 2.45) is 5.92 Å². The van der Waals surface area contributed by atoms with Crippen LogP contribution in [0.1, 0.15) is 24.2 Å². The summed E-state index contributed by atoms with van der Waals surface area (Å²) in [4.78, 5) is 22.6. The zero-order valence-electron chi connectivity index (χ0n) is 12.5. The van der Waals surface area contributed by atoms with Crippen LogP contribution in [0.25, 0.3) is 0 Å². The molecule has 0 spiro atoms. The number of hydrogen-bond donors (Lipinski definition) is 2. The predicted molar refractivity (Wildman–Crippen MR) is 87.1 cm³/mol. The van der Waals surface area contributed by atoms with E-state index in [2.05, 4.69) is 17.6 Å². The maximum absolute atomic E-state index is 12.2. The molecule has 0 heterocycles. The van der Waals surface area contributed by atoms with Crippen LogP contribution in [-0.4, -0.2) is 35.9 Å². The number of rotatable bonds is 8. The molecule has 0 aliphatic heterocycles. The highest BCUT2D eigenvalue weighted by Gasteiger charge is 2.16. The Morgan fingerprint density at radius 1 is 1.48 bits per heavy atom. The standard InChI is InChI=1S/C14H21N3O3S/c1-4-15-13-6-5-11(17(19)20)7-12(13)14(18)16-8-10(2)9-21-3/h5-7,10,15H,4,8-9H2,1-3H3,(H,16,18). The number of non-ortho nitro benzene ring substituents is 1. The van der Waals surface area contributed by atoms with Crippen molar-refractivity contribution in [3.63, 3.8) is 0 Å². The molecule has 0 aromatic heterocycles. The number of benzene rings is 1. The molecule has 0 aliphatic carbocycles. The van der Waals surface area contributed by atoms with Crippen molar-refractivity contribution >= 4 is 29.0 Å². The molecule has 1 unspecified atom stereocenters. The van der Waals surface area contributed by atoms with Gasteiger partial charge in [-0.15, -0.1) is 0 Å². The van der Waals surface area contributed by atoms with Crippen LogP contribution in [0.15, 0.2) is 18.2 Å². The first kappa shape index (κ1) is 17.3. The average molecular weight is 311 g/mol. The summed E-state index contributed by atoms with van der Waals surface area (Å²) in [6.45, 7) is 5.15. The van der Waals surface area contributed by atoms with Gasteiger partial charge in [0.05, 0.1) is 10.5 Å². The van der Waals surface area contributed by atoms with E-state index in [1.165, 1.54) is 12.1 Å². The minimum Gasteiger partial charge on any atom is -0.385 e. The van der Waals surface area contributed by atoms with Gasteiger partial charge in [0.15, 0.2) is 0 Å². The van der Waals surface area contributed by atoms with E-state index in [0.717, 1.165) is 5.75 Å². The smallest absolute Gasteiger partial charge is 0.270 e. The topological polar surface area (TPSA) is 84.3 Å². The number of nitro groups is 1. The molecule has 0 saturated heterocycles. The molecule has 2 N–H and O–H groups in total. The molecule has 116 valence electrons. The largest absolute Gasteiger partial charge is 0.385 e. The number of nitrogens with zero attached hydrogens (tertiary/aromatic N) is 1. The van der Waals surface area contributed by atoms with Crippen molar-refractivity contribution in [3.8, 4) is 0 Å². The Balaban J connectivity index is 2.88. The second kappa shape index (κ2) is 8.51. The lowest BCUT2D eigenvalue weighted by atomic mass is 10.1. The van der Waals surface area contributed by atoms with Crippen molar-refractivity contribution in [1.82, 2.24) is 5.32 Å². The van der Waals surface area contributed by atoms with Crippen LogP contribution in [0.2, 0.25) is 0 Å². The third kappa shape index (κ3) is 5.26. The van der Waals surface area contributed by atoms with E-state index in [-0.39, 0.29) is 11.6 Å². The van der Waals surface area contributed by atoms with Crippen LogP contribution >= 0.6 is 11.8 Å². The van der Waals surface area contributed by atoms with Gasteiger partial charge < -0.3 is 10.6 Å². The summed E-state index contributed by atoms with van der Waals surface area (Å²) < 4.78 is 0. The number of nitrogens with one attached hydrogen (secondary N) is 2. The summed E-state index contributed by atoms with van der Waals surface area (Å²) >= 11 is 1.72. The zero-order chi connectivity index (χ0) is 15.8. The highest BCUT2D eigenvalue weighted by atomic mass is 32.2. The number of hydrogen-bond acceptors (Lipinski definition) is 5. The SMILES string of the molecule is CCNc1ccc([N+](=O)[O-])cc1C(=O)NCC(C)CSC. The molecule has 0 radical (unpaired) electrons. The number of anilines is 1. The lowest BCUT2D eigenvalue weighted by Crippen LogP contribution is -2.29. The fourth-order valence-corrected chi connectivity index (χ4v) is 2.57. The van der Waals surface area contributed by atoms with Gasteiger partial charge in [-0.25, -0.2) is 0 Å². The number of nitro benzene ring substituents is 1. The minimum atomic E-state index is -0.497. The summed E-state index contributed by atoms with van der Waals surface area (Å²) in [6.07, 6.45) is 2.02. The lowest BCUT2D eigenvalue weighted by Gasteiger charge is -2.14. The van der Waals surface area contributed by atoms with Gasteiger partial charge in [0.2, 0.25) is 0 Å². The van der Waals surface area contributed by atoms with Gasteiger partial charge in [-0.3, -0.25) is 14.9 Å². The van der Waals surface area contributed by atoms with E-state index in [4.69, 9.17) is 0 Å². The van der Waals surface area contributed by atoms with Crippen LogP contribution in [0, 0.1) is 16.0 Å². The Hall–Kier alpha value is -1.76. The summed E-state index contributed by atoms with van der Waals surface area (Å²) in [7, 11) is 0. The van der Waals surface area contributed by atoms with Gasteiger partial charge >= 0.3 is 0 Å². The number of carbonyl (C=O) groups excluding carboxylic acids is 1. The van der Waals surface area contributed by atoms with Crippen LogP contribution in [0.4, 0.5) is 11.4 Å². The zero-order valence-corrected chi connectivity index (χ0v) is 13.3. The first-order chi connectivity index (χ1) is 9.99. The Morgan fingerprint density at radius 2 is 2.19 bits per heavy atom. The van der Waals surface area contributed by atoms with Crippen LogP contribution in [0.5, 0.6) is 0 Å².